The molecule has 1 amide bonds. The van der Waals surface area contributed by atoms with Gasteiger partial charge in [0.2, 0.25) is 11.5 Å². The van der Waals surface area contributed by atoms with E-state index in [9.17, 15) is 4.79 Å². The fourth-order valence-electron chi connectivity index (χ4n) is 2.82. The molecule has 0 spiro atoms. The van der Waals surface area contributed by atoms with E-state index >= 15 is 0 Å². The second-order valence-electron chi connectivity index (χ2n) is 5.52. The van der Waals surface area contributed by atoms with Crippen LogP contribution in [0.4, 0.5) is 0 Å². The summed E-state index contributed by atoms with van der Waals surface area (Å²) in [6.45, 7) is 0.796. The number of nitrogens with two attached hydrogens (primary N) is 1. The largest absolute Gasteiger partial charge is 0.493 e. The Morgan fingerprint density at radius 3 is 2.28 bits per heavy atom. The summed E-state index contributed by atoms with van der Waals surface area (Å²) < 4.78 is 14.5. The van der Waals surface area contributed by atoms with Gasteiger partial charge >= 0.3 is 0 Å². The van der Waals surface area contributed by atoms with Gasteiger partial charge in [0.15, 0.2) is 11.5 Å². The van der Waals surface area contributed by atoms with Crippen LogP contribution in [0.5, 0.6) is 11.5 Å². The fraction of sp³-hybridized carbons (Fsp3) is 0.222. The monoisotopic (exact) mass is 340 g/mol. The molecule has 3 N–H and O–H groups in total. The molecule has 3 aromatic rings. The number of hydrogen-bond acceptors (Lipinski definition) is 4. The van der Waals surface area contributed by atoms with Gasteiger partial charge in [-0.15, -0.1) is 0 Å². The van der Waals surface area contributed by atoms with Crippen molar-refractivity contribution in [3.63, 3.8) is 0 Å². The number of nitrogens with one attached hydrogen (secondary N) is 1. The van der Waals surface area contributed by atoms with Crippen molar-refractivity contribution in [3.05, 3.63) is 54.1 Å². The van der Waals surface area contributed by atoms with E-state index in [1.807, 2.05) is 48.5 Å². The normalized spacial score (nSPS) is 10.8. The van der Waals surface area contributed by atoms with Crippen LogP contribution in [0.25, 0.3) is 11.0 Å². The summed E-state index contributed by atoms with van der Waals surface area (Å²) in [5.41, 5.74) is 7.18. The van der Waals surface area contributed by atoms with Crippen LogP contribution in [-0.4, -0.2) is 28.8 Å². The summed E-state index contributed by atoms with van der Waals surface area (Å²) in [4.78, 5) is 11.3. The van der Waals surface area contributed by atoms with Crippen molar-refractivity contribution in [1.82, 2.24) is 9.13 Å². The lowest BCUT2D eigenvalue weighted by Gasteiger charge is -2.11. The number of fused-ring (bicyclic) bond motifs is 1. The van der Waals surface area contributed by atoms with Crippen molar-refractivity contribution >= 4 is 16.9 Å². The van der Waals surface area contributed by atoms with E-state index in [-0.39, 0.29) is 12.2 Å². The van der Waals surface area contributed by atoms with E-state index in [0.717, 1.165) is 11.0 Å². The van der Waals surface area contributed by atoms with Crippen LogP contribution in [0.1, 0.15) is 0 Å². The molecular formula is C18H20N4O3. The van der Waals surface area contributed by atoms with E-state index in [1.54, 1.807) is 16.2 Å². The Bertz CT molecular complexity index is 958. The average molecular weight is 340 g/mol. The summed E-state index contributed by atoms with van der Waals surface area (Å²) in [6, 6.07) is 15.0. The highest BCUT2D eigenvalue weighted by Gasteiger charge is 2.12. The third-order valence-electron chi connectivity index (χ3n) is 3.93. The van der Waals surface area contributed by atoms with Crippen LogP contribution >= 0.6 is 0 Å². The number of primary amides is 1. The Kier molecular flexibility index (Phi) is 4.74. The van der Waals surface area contributed by atoms with Gasteiger partial charge in [0.05, 0.1) is 24.7 Å². The van der Waals surface area contributed by atoms with E-state index < -0.39 is 5.91 Å². The number of amides is 1. The summed E-state index contributed by atoms with van der Waals surface area (Å²) in [5, 5.41) is 8.37. The maximum atomic E-state index is 11.3. The molecule has 0 saturated heterocycles. The van der Waals surface area contributed by atoms with Crippen molar-refractivity contribution in [2.45, 2.75) is 13.1 Å². The van der Waals surface area contributed by atoms with Crippen LogP contribution in [0.3, 0.4) is 0 Å². The van der Waals surface area contributed by atoms with Crippen molar-refractivity contribution in [2.24, 2.45) is 5.73 Å². The minimum Gasteiger partial charge on any atom is -0.493 e. The molecule has 0 bridgehead atoms. The number of ether oxygens (including phenoxy) is 2. The zero-order valence-corrected chi connectivity index (χ0v) is 13.9. The van der Waals surface area contributed by atoms with E-state index in [0.29, 0.717) is 24.7 Å². The van der Waals surface area contributed by atoms with Crippen molar-refractivity contribution < 1.29 is 14.3 Å². The van der Waals surface area contributed by atoms with Crippen LogP contribution in [0.2, 0.25) is 0 Å². The molecule has 130 valence electrons. The maximum Gasteiger partial charge on any atom is 0.237 e. The van der Waals surface area contributed by atoms with E-state index in [2.05, 4.69) is 0 Å². The highest BCUT2D eigenvalue weighted by atomic mass is 16.5. The molecule has 7 nitrogen and oxygen atoms in total. The number of imidazole rings is 1. The van der Waals surface area contributed by atoms with Gasteiger partial charge in [-0.2, -0.15) is 0 Å². The Balaban J connectivity index is 1.85. The first-order chi connectivity index (χ1) is 12.1. The SMILES string of the molecule is COc1ccccc1OCCn1c(=N)n(CC(N)=O)c2ccccc21. The molecule has 1 heterocycles. The number of nitrogens with zero attached hydrogens (tertiary/aromatic N) is 2. The highest BCUT2D eigenvalue weighted by Crippen LogP contribution is 2.25. The lowest BCUT2D eigenvalue weighted by Crippen LogP contribution is -2.30. The number of carbonyl (C=O) groups is 1. The van der Waals surface area contributed by atoms with Gasteiger partial charge < -0.3 is 24.3 Å². The fourth-order valence-corrected chi connectivity index (χ4v) is 2.82. The van der Waals surface area contributed by atoms with Crippen molar-refractivity contribution in [3.8, 4) is 11.5 Å². The first-order valence-corrected chi connectivity index (χ1v) is 7.88. The topological polar surface area (TPSA) is 95.3 Å². The highest BCUT2D eigenvalue weighted by molar-refractivity contribution is 5.79. The minimum absolute atomic E-state index is 0.0281. The molecule has 7 heteroatoms. The quantitative estimate of drug-likeness (QED) is 0.682. The Morgan fingerprint density at radius 1 is 1.04 bits per heavy atom. The molecule has 2 aromatic carbocycles. The third-order valence-corrected chi connectivity index (χ3v) is 3.93. The lowest BCUT2D eigenvalue weighted by molar-refractivity contribution is -0.118. The lowest BCUT2D eigenvalue weighted by atomic mass is 10.3. The number of rotatable bonds is 7. The standard InChI is InChI=1S/C18H20N4O3/c1-24-15-8-4-5-9-16(15)25-11-10-21-13-6-2-3-7-14(13)22(18(21)20)12-17(19)23/h2-9,20H,10-12H2,1H3,(H2,19,23). The average Bonchev–Trinajstić information content (AvgIpc) is 2.87. The zero-order valence-electron chi connectivity index (χ0n) is 13.9. The number of benzene rings is 2. The van der Waals surface area contributed by atoms with Gasteiger partial charge in [0, 0.05) is 0 Å². The predicted octanol–water partition coefficient (Wildman–Crippen LogP) is 1.50. The number of carbonyl (C=O) groups excluding carboxylic acids is 1. The molecule has 3 rings (SSSR count). The first kappa shape index (κ1) is 16.6. The summed E-state index contributed by atoms with van der Waals surface area (Å²) in [7, 11) is 1.59. The van der Waals surface area contributed by atoms with Gasteiger partial charge in [-0.25, -0.2) is 0 Å². The third kappa shape index (κ3) is 3.35. The van der Waals surface area contributed by atoms with Gasteiger partial charge in [-0.3, -0.25) is 10.2 Å². The minimum atomic E-state index is -0.480. The summed E-state index contributed by atoms with van der Waals surface area (Å²) in [5.74, 6) is 0.833. The number of methoxy groups -OCH3 is 1. The molecule has 0 aliphatic rings. The second kappa shape index (κ2) is 7.12. The Hall–Kier alpha value is -3.22. The first-order valence-electron chi connectivity index (χ1n) is 7.88. The van der Waals surface area contributed by atoms with Crippen molar-refractivity contribution in [1.29, 1.82) is 5.41 Å². The molecular weight excluding hydrogens is 320 g/mol. The van der Waals surface area contributed by atoms with Gasteiger partial charge in [0.1, 0.15) is 13.2 Å². The molecule has 0 aliphatic heterocycles. The molecule has 0 atom stereocenters. The van der Waals surface area contributed by atoms with Gasteiger partial charge in [-0.05, 0) is 24.3 Å². The summed E-state index contributed by atoms with van der Waals surface area (Å²) >= 11 is 0. The van der Waals surface area contributed by atoms with E-state index in [1.165, 1.54) is 0 Å². The molecule has 0 radical (unpaired) electrons. The molecule has 0 saturated carbocycles. The predicted molar refractivity (Wildman–Crippen MR) is 93.5 cm³/mol. The second-order valence-corrected chi connectivity index (χ2v) is 5.52. The zero-order chi connectivity index (χ0) is 17.8. The molecule has 25 heavy (non-hydrogen) atoms. The number of aromatic nitrogens is 2. The Labute approximate surface area is 144 Å². The number of para-hydroxylation sites is 4. The van der Waals surface area contributed by atoms with Crippen LogP contribution in [0.15, 0.2) is 48.5 Å². The maximum absolute atomic E-state index is 11.3. The van der Waals surface area contributed by atoms with Crippen LogP contribution < -0.4 is 20.8 Å². The Morgan fingerprint density at radius 2 is 1.64 bits per heavy atom. The van der Waals surface area contributed by atoms with Crippen molar-refractivity contribution in [2.75, 3.05) is 13.7 Å². The van der Waals surface area contributed by atoms with Crippen LogP contribution in [0, 0.1) is 5.41 Å². The van der Waals surface area contributed by atoms with Crippen LogP contribution in [-0.2, 0) is 17.9 Å². The van der Waals surface area contributed by atoms with Gasteiger partial charge in [0.25, 0.3) is 0 Å². The molecule has 1 aromatic heterocycles. The van der Waals surface area contributed by atoms with E-state index in [4.69, 9.17) is 20.6 Å². The molecule has 0 aliphatic carbocycles. The van der Waals surface area contributed by atoms with Gasteiger partial charge in [-0.1, -0.05) is 24.3 Å². The molecule has 0 unspecified atom stereocenters. The number of hydrogen-bond donors (Lipinski definition) is 2. The molecule has 0 fully saturated rings. The summed E-state index contributed by atoms with van der Waals surface area (Å²) in [6.07, 6.45) is 0. The smallest absolute Gasteiger partial charge is 0.237 e.